The van der Waals surface area contributed by atoms with Crippen molar-refractivity contribution in [2.45, 2.75) is 78.2 Å². The van der Waals surface area contributed by atoms with E-state index in [1.54, 1.807) is 0 Å². The van der Waals surface area contributed by atoms with E-state index in [2.05, 4.69) is 26.2 Å². The van der Waals surface area contributed by atoms with Gasteiger partial charge in [-0.2, -0.15) is 0 Å². The molecule has 2 aliphatic rings. The molecule has 2 heteroatoms. The fraction of sp³-hybridized carbons (Fsp3) is 1.00. The van der Waals surface area contributed by atoms with Crippen LogP contribution in [0, 0.1) is 23.2 Å². The van der Waals surface area contributed by atoms with Crippen LogP contribution in [-0.4, -0.2) is 6.04 Å². The molecule has 0 aromatic carbocycles. The molecule has 0 spiro atoms. The molecule has 0 heterocycles. The van der Waals surface area contributed by atoms with Crippen LogP contribution in [-0.2, 0) is 0 Å². The number of nitrogens with one attached hydrogen (secondary N) is 1. The number of hydrazine groups is 1. The van der Waals surface area contributed by atoms with Gasteiger partial charge in [-0.15, -0.1) is 0 Å². The summed E-state index contributed by atoms with van der Waals surface area (Å²) in [5.74, 6) is 8.51. The standard InChI is InChI=1S/C16H32N2/c1-4-12-7-9-13(10-8-12)15(18-17)14-6-5-11-16(14,2)3/h12-15,18H,4-11,17H2,1-3H3. The van der Waals surface area contributed by atoms with Crippen molar-refractivity contribution in [1.82, 2.24) is 5.43 Å². The molecule has 0 aliphatic heterocycles. The van der Waals surface area contributed by atoms with Gasteiger partial charge < -0.3 is 0 Å². The maximum Gasteiger partial charge on any atom is 0.0272 e. The Hall–Kier alpha value is -0.0800. The van der Waals surface area contributed by atoms with Crippen molar-refractivity contribution in [3.05, 3.63) is 0 Å². The van der Waals surface area contributed by atoms with E-state index in [1.165, 1.54) is 51.4 Å². The molecule has 106 valence electrons. The van der Waals surface area contributed by atoms with Crippen LogP contribution in [0.1, 0.15) is 72.1 Å². The molecule has 18 heavy (non-hydrogen) atoms. The average molecular weight is 252 g/mol. The van der Waals surface area contributed by atoms with Crippen LogP contribution in [0.15, 0.2) is 0 Å². The van der Waals surface area contributed by atoms with E-state index in [0.29, 0.717) is 11.5 Å². The fourth-order valence-electron chi connectivity index (χ4n) is 4.56. The summed E-state index contributed by atoms with van der Waals surface area (Å²) in [5, 5.41) is 0. The van der Waals surface area contributed by atoms with Gasteiger partial charge in [0.1, 0.15) is 0 Å². The Morgan fingerprint density at radius 3 is 2.28 bits per heavy atom. The molecule has 2 fully saturated rings. The second kappa shape index (κ2) is 5.92. The summed E-state index contributed by atoms with van der Waals surface area (Å²) in [6.07, 6.45) is 11.1. The highest BCUT2D eigenvalue weighted by Gasteiger charge is 2.42. The average Bonchev–Trinajstić information content (AvgIpc) is 2.71. The second-order valence-corrected chi connectivity index (χ2v) is 7.37. The van der Waals surface area contributed by atoms with E-state index in [9.17, 15) is 0 Å². The minimum absolute atomic E-state index is 0.485. The molecule has 0 saturated heterocycles. The maximum absolute atomic E-state index is 5.92. The van der Waals surface area contributed by atoms with Crippen LogP contribution < -0.4 is 11.3 Å². The van der Waals surface area contributed by atoms with Crippen LogP contribution in [0.4, 0.5) is 0 Å². The first-order valence-electron chi connectivity index (χ1n) is 8.04. The molecule has 0 amide bonds. The SMILES string of the molecule is CCC1CCC(C(NN)C2CCCC2(C)C)CC1. The lowest BCUT2D eigenvalue weighted by Gasteiger charge is -2.41. The zero-order chi connectivity index (χ0) is 13.2. The third-order valence-electron chi connectivity index (χ3n) is 5.94. The molecule has 2 atom stereocenters. The summed E-state index contributed by atoms with van der Waals surface area (Å²) in [5.41, 5.74) is 3.69. The monoisotopic (exact) mass is 252 g/mol. The summed E-state index contributed by atoms with van der Waals surface area (Å²) in [6, 6.07) is 0.556. The summed E-state index contributed by atoms with van der Waals surface area (Å²) >= 11 is 0. The van der Waals surface area contributed by atoms with Crippen molar-refractivity contribution in [2.75, 3.05) is 0 Å². The van der Waals surface area contributed by atoms with Gasteiger partial charge in [0.25, 0.3) is 0 Å². The van der Waals surface area contributed by atoms with Crippen LogP contribution in [0.25, 0.3) is 0 Å². The third-order valence-corrected chi connectivity index (χ3v) is 5.94. The molecule has 0 aromatic rings. The highest BCUT2D eigenvalue weighted by Crippen LogP contribution is 2.47. The number of hydrogen-bond donors (Lipinski definition) is 2. The summed E-state index contributed by atoms with van der Waals surface area (Å²) in [6.45, 7) is 7.21. The first kappa shape index (κ1) is 14.3. The smallest absolute Gasteiger partial charge is 0.0272 e. The van der Waals surface area contributed by atoms with Gasteiger partial charge in [0.2, 0.25) is 0 Å². The molecule has 2 nitrogen and oxygen atoms in total. The summed E-state index contributed by atoms with van der Waals surface area (Å²) in [4.78, 5) is 0. The normalized spacial score (nSPS) is 37.7. The molecular formula is C16H32N2. The minimum atomic E-state index is 0.485. The van der Waals surface area contributed by atoms with Gasteiger partial charge in [0, 0.05) is 6.04 Å². The van der Waals surface area contributed by atoms with E-state index < -0.39 is 0 Å². The molecule has 0 radical (unpaired) electrons. The van der Waals surface area contributed by atoms with Crippen LogP contribution in [0.5, 0.6) is 0 Å². The maximum atomic E-state index is 5.92. The Balaban J connectivity index is 1.97. The minimum Gasteiger partial charge on any atom is -0.271 e. The Morgan fingerprint density at radius 2 is 1.83 bits per heavy atom. The van der Waals surface area contributed by atoms with Gasteiger partial charge in [-0.3, -0.25) is 11.3 Å². The van der Waals surface area contributed by atoms with Crippen LogP contribution >= 0.6 is 0 Å². The first-order chi connectivity index (χ1) is 8.58. The quantitative estimate of drug-likeness (QED) is 0.589. The molecule has 2 rings (SSSR count). The van der Waals surface area contributed by atoms with Gasteiger partial charge in [0.15, 0.2) is 0 Å². The molecular weight excluding hydrogens is 220 g/mol. The Bertz CT molecular complexity index is 254. The lowest BCUT2D eigenvalue weighted by molar-refractivity contribution is 0.118. The Labute approximate surface area is 113 Å². The fourth-order valence-corrected chi connectivity index (χ4v) is 4.56. The zero-order valence-electron chi connectivity index (χ0n) is 12.5. The molecule has 3 N–H and O–H groups in total. The summed E-state index contributed by atoms with van der Waals surface area (Å²) < 4.78 is 0. The number of hydrogen-bond acceptors (Lipinski definition) is 2. The molecule has 2 unspecified atom stereocenters. The van der Waals surface area contributed by atoms with Crippen molar-refractivity contribution >= 4 is 0 Å². The van der Waals surface area contributed by atoms with Crippen molar-refractivity contribution in [3.8, 4) is 0 Å². The van der Waals surface area contributed by atoms with Crippen LogP contribution in [0.3, 0.4) is 0 Å². The van der Waals surface area contributed by atoms with E-state index in [1.807, 2.05) is 0 Å². The highest BCUT2D eigenvalue weighted by molar-refractivity contribution is 4.95. The van der Waals surface area contributed by atoms with E-state index in [-0.39, 0.29) is 0 Å². The van der Waals surface area contributed by atoms with Crippen molar-refractivity contribution < 1.29 is 0 Å². The largest absolute Gasteiger partial charge is 0.271 e. The van der Waals surface area contributed by atoms with E-state index >= 15 is 0 Å². The molecule has 0 aromatic heterocycles. The van der Waals surface area contributed by atoms with Gasteiger partial charge in [-0.25, -0.2) is 0 Å². The van der Waals surface area contributed by atoms with Gasteiger partial charge in [0.05, 0.1) is 0 Å². The number of nitrogens with two attached hydrogens (primary N) is 1. The first-order valence-corrected chi connectivity index (χ1v) is 8.04. The molecule has 2 aliphatic carbocycles. The summed E-state index contributed by atoms with van der Waals surface area (Å²) in [7, 11) is 0. The lowest BCUT2D eigenvalue weighted by Crippen LogP contribution is -2.49. The van der Waals surface area contributed by atoms with Crippen molar-refractivity contribution in [1.29, 1.82) is 0 Å². The Morgan fingerprint density at radius 1 is 1.17 bits per heavy atom. The zero-order valence-corrected chi connectivity index (χ0v) is 12.5. The third kappa shape index (κ3) is 2.91. The van der Waals surface area contributed by atoms with Crippen LogP contribution in [0.2, 0.25) is 0 Å². The van der Waals surface area contributed by atoms with E-state index in [0.717, 1.165) is 17.8 Å². The Kier molecular flexibility index (Phi) is 4.71. The topological polar surface area (TPSA) is 38.0 Å². The van der Waals surface area contributed by atoms with Crippen molar-refractivity contribution in [2.24, 2.45) is 29.0 Å². The predicted molar refractivity (Wildman–Crippen MR) is 78.0 cm³/mol. The molecule has 0 bridgehead atoms. The molecule has 2 saturated carbocycles. The van der Waals surface area contributed by atoms with Gasteiger partial charge in [-0.1, -0.05) is 46.5 Å². The lowest BCUT2D eigenvalue weighted by atomic mass is 9.69. The predicted octanol–water partition coefficient (Wildman–Crippen LogP) is 3.86. The van der Waals surface area contributed by atoms with E-state index in [4.69, 9.17) is 5.84 Å². The van der Waals surface area contributed by atoms with Crippen molar-refractivity contribution in [3.63, 3.8) is 0 Å². The number of rotatable bonds is 4. The van der Waals surface area contributed by atoms with Gasteiger partial charge >= 0.3 is 0 Å². The second-order valence-electron chi connectivity index (χ2n) is 7.37. The highest BCUT2D eigenvalue weighted by atomic mass is 15.2. The van der Waals surface area contributed by atoms with Gasteiger partial charge in [-0.05, 0) is 48.9 Å².